The van der Waals surface area contributed by atoms with Gasteiger partial charge < -0.3 is 8.83 Å². The molecular formula is C36H27N3O2. The molecule has 0 aliphatic carbocycles. The second-order valence-corrected chi connectivity index (χ2v) is 11.4. The van der Waals surface area contributed by atoms with Gasteiger partial charge in [0.05, 0.1) is 11.4 Å². The number of fused-ring (bicyclic) bond motifs is 7. The van der Waals surface area contributed by atoms with Crippen molar-refractivity contribution in [3.8, 4) is 11.3 Å². The third-order valence-corrected chi connectivity index (χ3v) is 8.32. The Labute approximate surface area is 236 Å². The quantitative estimate of drug-likeness (QED) is 0.226. The van der Waals surface area contributed by atoms with Crippen LogP contribution in [0.15, 0.2) is 99.8 Å². The number of rotatable bonds is 3. The Kier molecular flexibility index (Phi) is 4.93. The van der Waals surface area contributed by atoms with Gasteiger partial charge in [-0.3, -0.25) is 4.98 Å². The highest BCUT2D eigenvalue weighted by molar-refractivity contribution is 6.11. The zero-order valence-corrected chi connectivity index (χ0v) is 23.3. The zero-order chi connectivity index (χ0) is 27.9. The molecule has 0 saturated carbocycles. The van der Waals surface area contributed by atoms with Crippen LogP contribution >= 0.6 is 0 Å². The molecule has 8 aromatic rings. The molecule has 0 aliphatic rings. The standard InChI is InChI=1S/C36H27N3O2/c1-20-15-17-26-24-11-7-13-28(32(24)40-34(26)37-20)31-23-10-6-5-9-22(23)19-30(39-31)36(3,4)29-14-8-12-25-27-18-16-21(2)38-35(27)41-33(25)29/h5-19H,1-4H3. The molecule has 0 bridgehead atoms. The van der Waals surface area contributed by atoms with E-state index in [0.29, 0.717) is 11.4 Å². The van der Waals surface area contributed by atoms with Crippen molar-refractivity contribution in [2.24, 2.45) is 0 Å². The predicted octanol–water partition coefficient (Wildman–Crippen LogP) is 9.43. The molecule has 0 amide bonds. The molecule has 0 unspecified atom stereocenters. The van der Waals surface area contributed by atoms with E-state index >= 15 is 0 Å². The van der Waals surface area contributed by atoms with E-state index in [1.807, 2.05) is 26.0 Å². The number of hydrogen-bond acceptors (Lipinski definition) is 5. The summed E-state index contributed by atoms with van der Waals surface area (Å²) in [4.78, 5) is 14.7. The summed E-state index contributed by atoms with van der Waals surface area (Å²) in [5.74, 6) is 0. The Hall–Kier alpha value is -5.03. The summed E-state index contributed by atoms with van der Waals surface area (Å²) in [6, 6.07) is 31.5. The van der Waals surface area contributed by atoms with Crippen molar-refractivity contribution in [1.29, 1.82) is 0 Å². The maximum Gasteiger partial charge on any atom is 0.227 e. The smallest absolute Gasteiger partial charge is 0.227 e. The van der Waals surface area contributed by atoms with Crippen molar-refractivity contribution < 1.29 is 8.83 Å². The van der Waals surface area contributed by atoms with Gasteiger partial charge in [-0.25, -0.2) is 9.97 Å². The molecule has 0 spiro atoms. The summed E-state index contributed by atoms with van der Waals surface area (Å²) < 4.78 is 12.8. The van der Waals surface area contributed by atoms with Gasteiger partial charge in [-0.15, -0.1) is 0 Å². The van der Waals surface area contributed by atoms with Gasteiger partial charge >= 0.3 is 0 Å². The van der Waals surface area contributed by atoms with E-state index in [1.54, 1.807) is 0 Å². The Bertz CT molecular complexity index is 2320. The first-order valence-corrected chi connectivity index (χ1v) is 13.9. The maximum absolute atomic E-state index is 6.41. The number of para-hydroxylation sites is 2. The molecular weight excluding hydrogens is 506 g/mol. The molecule has 5 aromatic heterocycles. The average Bonchev–Trinajstić information content (AvgIpc) is 3.53. The van der Waals surface area contributed by atoms with E-state index in [0.717, 1.165) is 77.4 Å². The van der Waals surface area contributed by atoms with E-state index < -0.39 is 5.41 Å². The second kappa shape index (κ2) is 8.48. The molecule has 5 heteroatoms. The summed E-state index contributed by atoms with van der Waals surface area (Å²) in [6.07, 6.45) is 0. The topological polar surface area (TPSA) is 65.0 Å². The summed E-state index contributed by atoms with van der Waals surface area (Å²) >= 11 is 0. The molecule has 0 aliphatic heterocycles. The van der Waals surface area contributed by atoms with E-state index in [-0.39, 0.29) is 0 Å². The van der Waals surface area contributed by atoms with E-state index in [9.17, 15) is 0 Å². The number of hydrogen-bond donors (Lipinski definition) is 0. The fraction of sp³-hybridized carbons (Fsp3) is 0.139. The summed E-state index contributed by atoms with van der Waals surface area (Å²) in [5, 5.41) is 6.33. The minimum Gasteiger partial charge on any atom is -0.437 e. The number of pyridine rings is 3. The molecule has 0 saturated heterocycles. The lowest BCUT2D eigenvalue weighted by Gasteiger charge is -2.26. The lowest BCUT2D eigenvalue weighted by Crippen LogP contribution is -2.21. The van der Waals surface area contributed by atoms with Gasteiger partial charge in [0, 0.05) is 54.9 Å². The summed E-state index contributed by atoms with van der Waals surface area (Å²) in [7, 11) is 0. The molecule has 198 valence electrons. The predicted molar refractivity (Wildman–Crippen MR) is 165 cm³/mol. The average molecular weight is 534 g/mol. The fourth-order valence-electron chi connectivity index (χ4n) is 6.08. The molecule has 41 heavy (non-hydrogen) atoms. The van der Waals surface area contributed by atoms with Gasteiger partial charge in [-0.05, 0) is 55.6 Å². The van der Waals surface area contributed by atoms with Crippen molar-refractivity contribution in [2.75, 3.05) is 0 Å². The molecule has 5 nitrogen and oxygen atoms in total. The van der Waals surface area contributed by atoms with Crippen LogP contribution in [0, 0.1) is 13.8 Å². The molecule has 5 heterocycles. The number of furan rings is 2. The highest BCUT2D eigenvalue weighted by atomic mass is 16.3. The van der Waals surface area contributed by atoms with Gasteiger partial charge in [-0.2, -0.15) is 0 Å². The van der Waals surface area contributed by atoms with Crippen molar-refractivity contribution in [3.05, 3.63) is 114 Å². The van der Waals surface area contributed by atoms with Crippen LogP contribution in [0.1, 0.15) is 36.5 Å². The maximum atomic E-state index is 6.41. The van der Waals surface area contributed by atoms with Crippen LogP contribution in [0.2, 0.25) is 0 Å². The Morgan fingerprint density at radius 2 is 1.17 bits per heavy atom. The number of aryl methyl sites for hydroxylation is 2. The van der Waals surface area contributed by atoms with E-state index in [2.05, 4.69) is 103 Å². The van der Waals surface area contributed by atoms with Crippen molar-refractivity contribution in [3.63, 3.8) is 0 Å². The molecule has 3 aromatic carbocycles. The Balaban J connectivity index is 1.39. The first kappa shape index (κ1) is 23.8. The van der Waals surface area contributed by atoms with Gasteiger partial charge in [0.1, 0.15) is 11.2 Å². The van der Waals surface area contributed by atoms with Crippen molar-refractivity contribution >= 4 is 54.9 Å². The summed E-state index contributed by atoms with van der Waals surface area (Å²) in [5.41, 5.74) is 8.21. The van der Waals surface area contributed by atoms with Gasteiger partial charge in [0.15, 0.2) is 0 Å². The monoisotopic (exact) mass is 533 g/mol. The largest absolute Gasteiger partial charge is 0.437 e. The third kappa shape index (κ3) is 3.52. The minimum atomic E-state index is -0.471. The minimum absolute atomic E-state index is 0.471. The second-order valence-electron chi connectivity index (χ2n) is 11.4. The lowest BCUT2D eigenvalue weighted by atomic mass is 9.79. The first-order valence-electron chi connectivity index (χ1n) is 13.9. The number of aromatic nitrogens is 3. The molecule has 0 N–H and O–H groups in total. The van der Waals surface area contributed by atoms with Crippen LogP contribution in [0.3, 0.4) is 0 Å². The van der Waals surface area contributed by atoms with E-state index in [4.69, 9.17) is 13.8 Å². The summed E-state index contributed by atoms with van der Waals surface area (Å²) in [6.45, 7) is 8.39. The van der Waals surface area contributed by atoms with Crippen LogP contribution in [0.25, 0.3) is 66.2 Å². The van der Waals surface area contributed by atoms with Gasteiger partial charge in [-0.1, -0.05) is 68.4 Å². The molecule has 0 atom stereocenters. The molecule has 0 radical (unpaired) electrons. The highest BCUT2D eigenvalue weighted by Crippen LogP contribution is 2.42. The van der Waals surface area contributed by atoms with Gasteiger partial charge in [0.25, 0.3) is 0 Å². The first-order chi connectivity index (χ1) is 19.9. The van der Waals surface area contributed by atoms with Crippen LogP contribution in [-0.4, -0.2) is 15.0 Å². The van der Waals surface area contributed by atoms with Crippen molar-refractivity contribution in [2.45, 2.75) is 33.1 Å². The van der Waals surface area contributed by atoms with Gasteiger partial charge in [0.2, 0.25) is 11.4 Å². The number of nitrogens with zero attached hydrogens (tertiary/aromatic N) is 3. The van der Waals surface area contributed by atoms with Crippen molar-refractivity contribution in [1.82, 2.24) is 15.0 Å². The number of benzene rings is 3. The van der Waals surface area contributed by atoms with Crippen LogP contribution in [0.5, 0.6) is 0 Å². The van der Waals surface area contributed by atoms with E-state index in [1.165, 1.54) is 0 Å². The third-order valence-electron chi connectivity index (χ3n) is 8.32. The van der Waals surface area contributed by atoms with Crippen LogP contribution in [-0.2, 0) is 5.41 Å². The highest BCUT2D eigenvalue weighted by Gasteiger charge is 2.30. The Morgan fingerprint density at radius 1 is 0.561 bits per heavy atom. The molecule has 8 rings (SSSR count). The van der Waals surface area contributed by atoms with Crippen LogP contribution in [0.4, 0.5) is 0 Å². The lowest BCUT2D eigenvalue weighted by molar-refractivity contribution is 0.590. The SMILES string of the molecule is Cc1ccc2c(n1)oc1c(-c3nc(C(C)(C)c4cccc5c4oc4nc(C)ccc45)cc4ccccc34)cccc12. The zero-order valence-electron chi connectivity index (χ0n) is 23.3. The Morgan fingerprint density at radius 3 is 1.90 bits per heavy atom. The molecule has 0 fully saturated rings. The van der Waals surface area contributed by atoms with Crippen LogP contribution < -0.4 is 0 Å². The normalized spacial score (nSPS) is 12.4. The fourth-order valence-corrected chi connectivity index (χ4v) is 6.08.